The second-order valence-electron chi connectivity index (χ2n) is 14.4. The Labute approximate surface area is 285 Å². The van der Waals surface area contributed by atoms with Gasteiger partial charge >= 0.3 is 5.97 Å². The number of carbonyl (C=O) groups is 1. The van der Waals surface area contributed by atoms with E-state index in [2.05, 4.69) is 72.5 Å². The maximum Gasteiger partial charge on any atom is 0.355 e. The summed E-state index contributed by atoms with van der Waals surface area (Å²) in [6.45, 7) is 18.4. The number of fused-ring (bicyclic) bond motifs is 2. The van der Waals surface area contributed by atoms with Gasteiger partial charge in [-0.3, -0.25) is 9.58 Å². The summed E-state index contributed by atoms with van der Waals surface area (Å²) in [5, 5.41) is 8.17. The third kappa shape index (κ3) is 6.87. The second kappa shape index (κ2) is 13.8. The van der Waals surface area contributed by atoms with Crippen LogP contribution >= 0.6 is 0 Å². The van der Waals surface area contributed by atoms with Gasteiger partial charge in [0, 0.05) is 73.9 Å². The van der Waals surface area contributed by atoms with Crippen LogP contribution in [0.3, 0.4) is 0 Å². The van der Waals surface area contributed by atoms with Crippen LogP contribution in [-0.2, 0) is 24.8 Å². The largest absolute Gasteiger partial charge is 0.493 e. The lowest BCUT2D eigenvalue weighted by Crippen LogP contribution is -2.45. The summed E-state index contributed by atoms with van der Waals surface area (Å²) in [5.41, 5.74) is 7.71. The van der Waals surface area contributed by atoms with Crippen molar-refractivity contribution in [1.82, 2.24) is 24.1 Å². The number of aryl methyl sites for hydroxylation is 4. The first-order valence-corrected chi connectivity index (χ1v) is 17.3. The van der Waals surface area contributed by atoms with Crippen LogP contribution < -0.4 is 4.74 Å². The summed E-state index contributed by atoms with van der Waals surface area (Å²) in [4.78, 5) is 19.2. The fraction of sp³-hybridized carbons (Fsp3) is 0.450. The van der Waals surface area contributed by atoms with E-state index in [-0.39, 0.29) is 5.97 Å². The fourth-order valence-electron chi connectivity index (χ4n) is 7.17. The number of aromatic nitrogens is 3. The van der Waals surface area contributed by atoms with Gasteiger partial charge in [-0.2, -0.15) is 5.10 Å². The van der Waals surface area contributed by atoms with Crippen LogP contribution in [0.15, 0.2) is 54.6 Å². The third-order valence-electron chi connectivity index (χ3n) is 9.70. The van der Waals surface area contributed by atoms with E-state index >= 15 is 0 Å². The van der Waals surface area contributed by atoms with Crippen molar-refractivity contribution in [2.24, 2.45) is 7.05 Å². The quantitative estimate of drug-likeness (QED) is 0.117. The highest BCUT2D eigenvalue weighted by molar-refractivity contribution is 6.05. The normalized spacial score (nSPS) is 14.7. The molecular weight excluding hydrogens is 598 g/mol. The van der Waals surface area contributed by atoms with E-state index in [9.17, 15) is 4.79 Å². The third-order valence-corrected chi connectivity index (χ3v) is 9.70. The highest BCUT2D eigenvalue weighted by Crippen LogP contribution is 2.40. The van der Waals surface area contributed by atoms with Crippen molar-refractivity contribution >= 4 is 27.6 Å². The first-order valence-electron chi connectivity index (χ1n) is 17.3. The molecule has 254 valence electrons. The fourth-order valence-corrected chi connectivity index (χ4v) is 7.17. The van der Waals surface area contributed by atoms with Crippen molar-refractivity contribution in [3.63, 3.8) is 0 Å². The van der Waals surface area contributed by atoms with Gasteiger partial charge in [0.25, 0.3) is 0 Å². The molecule has 0 radical (unpaired) electrons. The smallest absolute Gasteiger partial charge is 0.355 e. The van der Waals surface area contributed by atoms with Crippen LogP contribution in [-0.4, -0.2) is 82.1 Å². The highest BCUT2D eigenvalue weighted by atomic mass is 16.6. The molecule has 0 amide bonds. The molecule has 1 saturated heterocycles. The van der Waals surface area contributed by atoms with Crippen LogP contribution in [0.1, 0.15) is 60.2 Å². The number of carbonyl (C=O) groups excluding carboxylic acids is 1. The van der Waals surface area contributed by atoms with Crippen molar-refractivity contribution in [3.8, 4) is 16.9 Å². The number of benzene rings is 3. The lowest BCUT2D eigenvalue weighted by Gasteiger charge is -2.32. The van der Waals surface area contributed by atoms with Crippen molar-refractivity contribution in [2.75, 3.05) is 46.4 Å². The number of hydrogen-bond donors (Lipinski definition) is 0. The van der Waals surface area contributed by atoms with E-state index < -0.39 is 5.60 Å². The summed E-state index contributed by atoms with van der Waals surface area (Å²) in [5.74, 6) is 0.612. The van der Waals surface area contributed by atoms with Crippen molar-refractivity contribution in [2.45, 2.75) is 66.5 Å². The molecule has 8 nitrogen and oxygen atoms in total. The van der Waals surface area contributed by atoms with Crippen LogP contribution in [0.25, 0.3) is 32.8 Å². The summed E-state index contributed by atoms with van der Waals surface area (Å²) < 4.78 is 16.8. The predicted molar refractivity (Wildman–Crippen MR) is 195 cm³/mol. The number of esters is 1. The van der Waals surface area contributed by atoms with Crippen molar-refractivity contribution in [3.05, 3.63) is 82.8 Å². The van der Waals surface area contributed by atoms with Gasteiger partial charge < -0.3 is 18.9 Å². The average molecular weight is 650 g/mol. The molecule has 0 aliphatic carbocycles. The minimum Gasteiger partial charge on any atom is -0.493 e. The number of rotatable bonds is 10. The molecule has 48 heavy (non-hydrogen) atoms. The van der Waals surface area contributed by atoms with Gasteiger partial charge in [0.15, 0.2) is 0 Å². The Morgan fingerprint density at radius 2 is 1.58 bits per heavy atom. The zero-order valence-electron chi connectivity index (χ0n) is 30.0. The Kier molecular flexibility index (Phi) is 9.68. The molecule has 0 unspecified atom stereocenters. The highest BCUT2D eigenvalue weighted by Gasteiger charge is 2.30. The van der Waals surface area contributed by atoms with Gasteiger partial charge in [0.1, 0.15) is 17.0 Å². The molecule has 2 aromatic heterocycles. The first-order chi connectivity index (χ1) is 22.9. The predicted octanol–water partition coefficient (Wildman–Crippen LogP) is 7.33. The monoisotopic (exact) mass is 649 g/mol. The lowest BCUT2D eigenvalue weighted by atomic mass is 9.94. The number of likely N-dealkylation sites (N-methyl/N-ethyl adjacent to an activating group) is 1. The van der Waals surface area contributed by atoms with Gasteiger partial charge in [-0.25, -0.2) is 4.79 Å². The molecule has 0 N–H and O–H groups in total. The molecule has 5 aromatic rings. The lowest BCUT2D eigenvalue weighted by molar-refractivity contribution is 0.00560. The van der Waals surface area contributed by atoms with E-state index in [0.717, 1.165) is 94.6 Å². The van der Waals surface area contributed by atoms with Crippen molar-refractivity contribution < 1.29 is 14.3 Å². The summed E-state index contributed by atoms with van der Waals surface area (Å²) in [6, 6.07) is 18.9. The van der Waals surface area contributed by atoms with Gasteiger partial charge in [-0.05, 0) is 84.0 Å². The maximum atomic E-state index is 14.3. The van der Waals surface area contributed by atoms with E-state index in [1.165, 1.54) is 5.56 Å². The molecule has 6 rings (SSSR count). The zero-order valence-corrected chi connectivity index (χ0v) is 30.0. The van der Waals surface area contributed by atoms with Gasteiger partial charge in [-0.15, -0.1) is 0 Å². The molecule has 0 saturated carbocycles. The molecule has 0 spiro atoms. The van der Waals surface area contributed by atoms with E-state index in [4.69, 9.17) is 14.6 Å². The molecular formula is C40H51N5O3. The maximum absolute atomic E-state index is 14.3. The van der Waals surface area contributed by atoms with Gasteiger partial charge in [0.05, 0.1) is 17.8 Å². The molecule has 0 bridgehead atoms. The summed E-state index contributed by atoms with van der Waals surface area (Å²) in [7, 11) is 4.18. The Balaban J connectivity index is 1.45. The number of piperazine rings is 1. The van der Waals surface area contributed by atoms with Crippen LogP contribution in [0.2, 0.25) is 0 Å². The number of ether oxygens (including phenoxy) is 2. The van der Waals surface area contributed by atoms with Gasteiger partial charge in [-0.1, -0.05) is 48.5 Å². The molecule has 3 heterocycles. The Morgan fingerprint density at radius 1 is 0.854 bits per heavy atom. The Morgan fingerprint density at radius 3 is 2.29 bits per heavy atom. The number of nitrogens with zero attached hydrogens (tertiary/aromatic N) is 5. The zero-order chi connectivity index (χ0) is 34.2. The molecule has 8 heteroatoms. The Bertz CT molecular complexity index is 1930. The van der Waals surface area contributed by atoms with Crippen molar-refractivity contribution in [1.29, 1.82) is 0 Å². The molecule has 1 fully saturated rings. The molecule has 1 aliphatic heterocycles. The molecule has 3 aromatic carbocycles. The average Bonchev–Trinajstić information content (AvgIpc) is 3.49. The second-order valence-corrected chi connectivity index (χ2v) is 14.4. The van der Waals surface area contributed by atoms with E-state index in [1.807, 2.05) is 56.8 Å². The summed E-state index contributed by atoms with van der Waals surface area (Å²) in [6.07, 6.45) is 1.44. The Hall–Kier alpha value is -4.14. The van der Waals surface area contributed by atoms with Crippen LogP contribution in [0, 0.1) is 20.8 Å². The van der Waals surface area contributed by atoms with Crippen LogP contribution in [0.4, 0.5) is 0 Å². The molecule has 0 atom stereocenters. The minimum absolute atomic E-state index is 0.273. The SMILES string of the molecule is Cc1ccc2c(CCCOc3cccc4ccccc34)c(C(=O)OC(C)(C)C)n(CCN3CCN(C)CC3)c2c1-c1c(C)nn(C)c1C. The standard InChI is InChI=1S/C40H51N5O3/c1-27-18-19-33-32(16-12-26-47-34-17-11-14-30-13-9-10-15-31(30)34)38(39(46)48-40(4,5)6)45(25-24-44-22-20-42(7)21-23-44)37(33)35(27)36-28(2)41-43(8)29(36)3/h9-11,13-15,17-19H,12,16,20-26H2,1-8H3. The van der Waals surface area contributed by atoms with E-state index in [0.29, 0.717) is 25.3 Å². The number of hydrogen-bond acceptors (Lipinski definition) is 6. The van der Waals surface area contributed by atoms with E-state index in [1.54, 1.807) is 0 Å². The minimum atomic E-state index is -0.625. The topological polar surface area (TPSA) is 64.8 Å². The first kappa shape index (κ1) is 33.7. The summed E-state index contributed by atoms with van der Waals surface area (Å²) >= 11 is 0. The van der Waals surface area contributed by atoms with Crippen LogP contribution in [0.5, 0.6) is 5.75 Å². The molecule has 1 aliphatic rings. The van der Waals surface area contributed by atoms with Gasteiger partial charge in [0.2, 0.25) is 0 Å².